The van der Waals surface area contributed by atoms with E-state index in [0.717, 1.165) is 38.4 Å². The Balaban J connectivity index is 0.00000320. The highest BCUT2D eigenvalue weighted by Gasteiger charge is 2.28. The molecule has 3 rings (SSSR count). The highest BCUT2D eigenvalue weighted by Crippen LogP contribution is 2.26. The summed E-state index contributed by atoms with van der Waals surface area (Å²) in [6.07, 6.45) is 4.45. The summed E-state index contributed by atoms with van der Waals surface area (Å²) < 4.78 is 11.9. The molecule has 0 spiro atoms. The molecule has 1 amide bonds. The molecule has 1 aromatic carbocycles. The molecule has 1 N–H and O–H groups in total. The fourth-order valence-corrected chi connectivity index (χ4v) is 3.64. The van der Waals surface area contributed by atoms with Crippen LogP contribution in [0.3, 0.4) is 0 Å². The number of para-hydroxylation sites is 1. The number of likely N-dealkylation sites (N-methyl/N-ethyl adjacent to an activating group) is 1. The molecule has 7 nitrogen and oxygen atoms in total. The fraction of sp³-hybridized carbons (Fsp3) is 0.619. The van der Waals surface area contributed by atoms with E-state index in [9.17, 15) is 4.79 Å². The van der Waals surface area contributed by atoms with Crippen molar-refractivity contribution in [1.82, 2.24) is 15.1 Å². The van der Waals surface area contributed by atoms with Crippen molar-refractivity contribution in [3.05, 3.63) is 29.3 Å². The minimum Gasteiger partial charge on any atom is -0.487 e. The lowest BCUT2D eigenvalue weighted by Gasteiger charge is -2.27. The predicted molar refractivity (Wildman–Crippen MR) is 130 cm³/mol. The molecule has 2 heterocycles. The van der Waals surface area contributed by atoms with Gasteiger partial charge in [-0.05, 0) is 31.4 Å². The lowest BCUT2D eigenvalue weighted by molar-refractivity contribution is -0.127. The first-order valence-electron chi connectivity index (χ1n) is 10.3. The van der Waals surface area contributed by atoms with E-state index in [-0.39, 0.29) is 48.6 Å². The second kappa shape index (κ2) is 12.6. The summed E-state index contributed by atoms with van der Waals surface area (Å²) in [5.74, 6) is 1.41. The number of ether oxygens (including phenoxy) is 2. The van der Waals surface area contributed by atoms with E-state index in [1.165, 1.54) is 6.42 Å². The number of benzene rings is 1. The van der Waals surface area contributed by atoms with Gasteiger partial charge in [0.05, 0.1) is 17.7 Å². The zero-order valence-electron chi connectivity index (χ0n) is 17.7. The number of rotatable bonds is 6. The van der Waals surface area contributed by atoms with Gasteiger partial charge in [0.1, 0.15) is 18.4 Å². The van der Waals surface area contributed by atoms with Gasteiger partial charge < -0.3 is 24.6 Å². The molecule has 0 aliphatic carbocycles. The number of guanidine groups is 1. The molecule has 2 fully saturated rings. The van der Waals surface area contributed by atoms with Crippen LogP contribution in [0.5, 0.6) is 5.75 Å². The Bertz CT molecular complexity index is 713. The summed E-state index contributed by atoms with van der Waals surface area (Å²) in [7, 11) is 3.48. The van der Waals surface area contributed by atoms with Crippen molar-refractivity contribution in [3.8, 4) is 5.75 Å². The molecule has 0 aromatic heterocycles. The van der Waals surface area contributed by atoms with Crippen molar-refractivity contribution in [3.63, 3.8) is 0 Å². The van der Waals surface area contributed by atoms with Crippen LogP contribution in [0.25, 0.3) is 0 Å². The van der Waals surface area contributed by atoms with Gasteiger partial charge in [-0.25, -0.2) is 4.99 Å². The van der Waals surface area contributed by atoms with Gasteiger partial charge in [0.15, 0.2) is 5.96 Å². The number of amides is 1. The van der Waals surface area contributed by atoms with E-state index in [2.05, 4.69) is 15.2 Å². The zero-order chi connectivity index (χ0) is 20.6. The molecule has 2 aliphatic heterocycles. The number of carbonyl (C=O) groups excluding carboxylic acids is 1. The van der Waals surface area contributed by atoms with Crippen LogP contribution in [0.1, 0.15) is 25.7 Å². The minimum absolute atomic E-state index is 0. The van der Waals surface area contributed by atoms with Crippen molar-refractivity contribution in [2.75, 3.05) is 46.9 Å². The van der Waals surface area contributed by atoms with E-state index < -0.39 is 0 Å². The molecule has 2 atom stereocenters. The van der Waals surface area contributed by atoms with Crippen LogP contribution >= 0.6 is 35.6 Å². The van der Waals surface area contributed by atoms with Crippen LogP contribution in [0.4, 0.5) is 0 Å². The maximum Gasteiger partial charge on any atom is 0.243 e. The van der Waals surface area contributed by atoms with Gasteiger partial charge in [0, 0.05) is 40.2 Å². The van der Waals surface area contributed by atoms with Gasteiger partial charge in [0.2, 0.25) is 5.91 Å². The average Bonchev–Trinajstić information content (AvgIpc) is 3.18. The molecule has 168 valence electrons. The Kier molecular flexibility index (Phi) is 10.5. The average molecular weight is 551 g/mol. The Labute approximate surface area is 201 Å². The van der Waals surface area contributed by atoms with Gasteiger partial charge in [0.25, 0.3) is 0 Å². The van der Waals surface area contributed by atoms with Crippen LogP contribution in [0.15, 0.2) is 29.3 Å². The normalized spacial score (nSPS) is 21.7. The van der Waals surface area contributed by atoms with Gasteiger partial charge >= 0.3 is 0 Å². The van der Waals surface area contributed by atoms with Crippen LogP contribution in [0.2, 0.25) is 5.02 Å². The molecule has 2 unspecified atom stereocenters. The van der Waals surface area contributed by atoms with E-state index in [1.54, 1.807) is 19.0 Å². The highest BCUT2D eigenvalue weighted by molar-refractivity contribution is 14.0. The third kappa shape index (κ3) is 7.46. The summed E-state index contributed by atoms with van der Waals surface area (Å²) >= 11 is 6.22. The van der Waals surface area contributed by atoms with E-state index in [1.807, 2.05) is 24.3 Å². The fourth-order valence-electron chi connectivity index (χ4n) is 3.46. The monoisotopic (exact) mass is 550 g/mol. The summed E-state index contributed by atoms with van der Waals surface area (Å²) in [5.41, 5.74) is 0. The quantitative estimate of drug-likeness (QED) is 0.335. The van der Waals surface area contributed by atoms with Crippen molar-refractivity contribution in [1.29, 1.82) is 0 Å². The number of aliphatic imine (C=N–C) groups is 1. The largest absolute Gasteiger partial charge is 0.487 e. The molecule has 0 radical (unpaired) electrons. The minimum atomic E-state index is -0.0266. The van der Waals surface area contributed by atoms with E-state index in [0.29, 0.717) is 23.9 Å². The predicted octanol–water partition coefficient (Wildman–Crippen LogP) is 3.01. The smallest absolute Gasteiger partial charge is 0.243 e. The number of likely N-dealkylation sites (tertiary alicyclic amines) is 1. The number of nitrogens with zero attached hydrogens (tertiary/aromatic N) is 3. The van der Waals surface area contributed by atoms with Crippen molar-refractivity contribution in [2.24, 2.45) is 4.99 Å². The first kappa shape index (κ1) is 25.0. The molecular weight excluding hydrogens is 519 g/mol. The first-order valence-corrected chi connectivity index (χ1v) is 10.7. The molecule has 1 aromatic rings. The Morgan fingerprint density at radius 3 is 2.83 bits per heavy atom. The van der Waals surface area contributed by atoms with Crippen molar-refractivity contribution in [2.45, 2.75) is 37.9 Å². The third-order valence-electron chi connectivity index (χ3n) is 5.20. The van der Waals surface area contributed by atoms with Gasteiger partial charge in [-0.1, -0.05) is 23.7 Å². The molecule has 30 heavy (non-hydrogen) atoms. The number of hydrogen-bond acceptors (Lipinski definition) is 4. The van der Waals surface area contributed by atoms with Gasteiger partial charge in [-0.2, -0.15) is 0 Å². The third-order valence-corrected chi connectivity index (χ3v) is 5.51. The second-order valence-corrected chi connectivity index (χ2v) is 8.11. The maximum atomic E-state index is 12.0. The lowest BCUT2D eigenvalue weighted by Crippen LogP contribution is -2.45. The second-order valence-electron chi connectivity index (χ2n) is 7.70. The summed E-state index contributed by atoms with van der Waals surface area (Å²) in [6.45, 7) is 3.13. The summed E-state index contributed by atoms with van der Waals surface area (Å²) in [6, 6.07) is 7.52. The first-order chi connectivity index (χ1) is 14.0. The van der Waals surface area contributed by atoms with Crippen LogP contribution in [-0.4, -0.2) is 80.8 Å². The number of halogens is 2. The number of hydrogen-bond donors (Lipinski definition) is 1. The Morgan fingerprint density at radius 2 is 2.13 bits per heavy atom. The van der Waals surface area contributed by atoms with Crippen LogP contribution < -0.4 is 10.1 Å². The Morgan fingerprint density at radius 1 is 1.33 bits per heavy atom. The van der Waals surface area contributed by atoms with Crippen LogP contribution in [-0.2, 0) is 9.53 Å². The Hall–Kier alpha value is -1.26. The maximum absolute atomic E-state index is 12.0. The van der Waals surface area contributed by atoms with Crippen LogP contribution in [0, 0.1) is 0 Å². The van der Waals surface area contributed by atoms with Gasteiger partial charge in [-0.3, -0.25) is 4.79 Å². The number of nitrogens with one attached hydrogen (secondary N) is 1. The van der Waals surface area contributed by atoms with E-state index in [4.69, 9.17) is 21.1 Å². The summed E-state index contributed by atoms with van der Waals surface area (Å²) in [4.78, 5) is 20.3. The zero-order valence-corrected chi connectivity index (χ0v) is 20.8. The standard InChI is InChI=1S/C21H31ClN4O3.HI/c1-25(2)20(27)14-24-21(23-13-16-7-5-6-12-28-16)26-11-10-17(15-26)29-19-9-4-3-8-18(19)22;/h3-4,8-9,16-17H,5-7,10-15H2,1-2H3,(H,23,24);1H. The molecule has 0 bridgehead atoms. The molecule has 9 heteroatoms. The summed E-state index contributed by atoms with van der Waals surface area (Å²) in [5, 5.41) is 4.03. The molecule has 2 aliphatic rings. The molecule has 0 saturated carbocycles. The van der Waals surface area contributed by atoms with Crippen molar-refractivity contribution < 1.29 is 14.3 Å². The number of carbonyl (C=O) groups is 1. The topological polar surface area (TPSA) is 66.4 Å². The molecule has 2 saturated heterocycles. The van der Waals surface area contributed by atoms with E-state index >= 15 is 0 Å². The SMILES string of the molecule is CN(C)C(=O)CN=C(NCC1CCCCO1)N1CCC(Oc2ccccc2Cl)C1.I. The lowest BCUT2D eigenvalue weighted by atomic mass is 10.1. The highest BCUT2D eigenvalue weighted by atomic mass is 127. The van der Waals surface area contributed by atoms with Gasteiger partial charge in [-0.15, -0.1) is 24.0 Å². The molecular formula is C21H32ClIN4O3. The van der Waals surface area contributed by atoms with Crippen molar-refractivity contribution >= 4 is 47.4 Å².